The minimum Gasteiger partial charge on any atom is -0.472 e. The molecule has 17 heavy (non-hydrogen) atoms. The molecule has 0 saturated heterocycles. The Morgan fingerprint density at radius 2 is 2.24 bits per heavy atom. The zero-order chi connectivity index (χ0) is 12.4. The van der Waals surface area contributed by atoms with E-state index >= 15 is 0 Å². The van der Waals surface area contributed by atoms with Crippen LogP contribution in [0.4, 0.5) is 0 Å². The minimum atomic E-state index is -0.681. The maximum atomic E-state index is 9.12. The maximum Gasteiger partial charge on any atom is 0.106 e. The van der Waals surface area contributed by atoms with E-state index in [-0.39, 0.29) is 10.1 Å². The van der Waals surface area contributed by atoms with Gasteiger partial charge in [0.15, 0.2) is 0 Å². The molecule has 0 bridgehead atoms. The number of nitrogens with one attached hydrogen (secondary N) is 1. The summed E-state index contributed by atoms with van der Waals surface area (Å²) in [4.78, 5) is 0. The van der Waals surface area contributed by atoms with Crippen molar-refractivity contribution in [3.63, 3.8) is 0 Å². The zero-order valence-corrected chi connectivity index (χ0v) is 9.49. The van der Waals surface area contributed by atoms with E-state index in [1.54, 1.807) is 6.07 Å². The molecule has 1 aliphatic heterocycles. The number of nitriles is 2. The van der Waals surface area contributed by atoms with Crippen LogP contribution in [0.25, 0.3) is 0 Å². The van der Waals surface area contributed by atoms with Gasteiger partial charge in [0, 0.05) is 11.5 Å². The van der Waals surface area contributed by atoms with Gasteiger partial charge in [0.05, 0.1) is 40.3 Å². The van der Waals surface area contributed by atoms with Crippen molar-refractivity contribution < 1.29 is 4.42 Å². The lowest BCUT2D eigenvalue weighted by Crippen LogP contribution is -2.26. The number of nitrogens with zero attached hydrogens (tertiary/aromatic N) is 2. The molecule has 5 nitrogen and oxygen atoms in total. The highest BCUT2D eigenvalue weighted by Crippen LogP contribution is 2.42. The van der Waals surface area contributed by atoms with Crippen LogP contribution in [0.15, 0.2) is 33.6 Å². The van der Waals surface area contributed by atoms with Crippen LogP contribution in [-0.2, 0) is 0 Å². The molecule has 0 fully saturated rings. The SMILES string of the molecule is N#CC1=C(N)SC(=N)[C@@H](C#N)[C@H]1c1ccoc1. The van der Waals surface area contributed by atoms with Crippen LogP contribution < -0.4 is 5.73 Å². The molecule has 0 saturated carbocycles. The van der Waals surface area contributed by atoms with Crippen molar-refractivity contribution in [2.45, 2.75) is 5.92 Å². The van der Waals surface area contributed by atoms with Gasteiger partial charge in [-0.15, -0.1) is 0 Å². The Labute approximate surface area is 102 Å². The van der Waals surface area contributed by atoms with Crippen molar-refractivity contribution >= 4 is 16.8 Å². The molecule has 1 aromatic rings. The molecule has 0 unspecified atom stereocenters. The number of thioether (sulfide) groups is 1. The van der Waals surface area contributed by atoms with Crippen LogP contribution in [0.5, 0.6) is 0 Å². The van der Waals surface area contributed by atoms with Crippen molar-refractivity contribution in [2.75, 3.05) is 0 Å². The van der Waals surface area contributed by atoms with Gasteiger partial charge < -0.3 is 10.2 Å². The molecule has 0 radical (unpaired) electrons. The normalized spacial score (nSPS) is 24.2. The van der Waals surface area contributed by atoms with Crippen LogP contribution in [0.3, 0.4) is 0 Å². The first-order chi connectivity index (χ1) is 8.19. The van der Waals surface area contributed by atoms with E-state index in [0.29, 0.717) is 11.1 Å². The summed E-state index contributed by atoms with van der Waals surface area (Å²) in [7, 11) is 0. The van der Waals surface area contributed by atoms with Crippen LogP contribution in [0, 0.1) is 34.0 Å². The van der Waals surface area contributed by atoms with Crippen molar-refractivity contribution in [1.82, 2.24) is 0 Å². The van der Waals surface area contributed by atoms with Gasteiger partial charge in [0.2, 0.25) is 0 Å². The predicted molar refractivity (Wildman–Crippen MR) is 62.7 cm³/mol. The molecular formula is C11H8N4OS. The Hall–Kier alpha value is -2.18. The summed E-state index contributed by atoms with van der Waals surface area (Å²) in [5.74, 6) is -1.18. The molecule has 1 aromatic heterocycles. The summed E-state index contributed by atoms with van der Waals surface area (Å²) >= 11 is 0.973. The van der Waals surface area contributed by atoms with Crippen LogP contribution in [-0.4, -0.2) is 5.04 Å². The monoisotopic (exact) mass is 244 g/mol. The van der Waals surface area contributed by atoms with Gasteiger partial charge in [-0.25, -0.2) is 0 Å². The molecule has 0 amide bonds. The average Bonchev–Trinajstić information content (AvgIpc) is 2.81. The van der Waals surface area contributed by atoms with E-state index < -0.39 is 11.8 Å². The second kappa shape index (κ2) is 4.36. The van der Waals surface area contributed by atoms with Crippen LogP contribution >= 0.6 is 11.8 Å². The fourth-order valence-electron chi connectivity index (χ4n) is 1.78. The quantitative estimate of drug-likeness (QED) is 0.784. The Kier molecular flexibility index (Phi) is 2.90. The third kappa shape index (κ3) is 1.79. The molecule has 2 heterocycles. The summed E-state index contributed by atoms with van der Waals surface area (Å²) in [6.45, 7) is 0. The van der Waals surface area contributed by atoms with Crippen LogP contribution in [0.1, 0.15) is 11.5 Å². The lowest BCUT2D eigenvalue weighted by atomic mass is 9.83. The second-order valence-electron chi connectivity index (χ2n) is 3.50. The lowest BCUT2D eigenvalue weighted by molar-refractivity contribution is 0.559. The zero-order valence-electron chi connectivity index (χ0n) is 8.68. The summed E-state index contributed by atoms with van der Waals surface area (Å²) in [5.41, 5.74) is 6.76. The molecule has 84 valence electrons. The molecular weight excluding hydrogens is 236 g/mol. The van der Waals surface area contributed by atoms with E-state index in [9.17, 15) is 0 Å². The van der Waals surface area contributed by atoms with Crippen LogP contribution in [0.2, 0.25) is 0 Å². The standard InChI is InChI=1S/C11H8N4OS/c12-3-7-9(6-1-2-16-5-6)8(4-13)11(15)17-10(7)14/h1-2,5,7,9,14H,15H2/t7-,9+/m0/s1. The highest BCUT2D eigenvalue weighted by Gasteiger charge is 2.37. The van der Waals surface area contributed by atoms with Gasteiger partial charge in [-0.1, -0.05) is 11.8 Å². The third-order valence-corrected chi connectivity index (χ3v) is 3.49. The Balaban J connectivity index is 2.57. The highest BCUT2D eigenvalue weighted by molar-refractivity contribution is 8.17. The van der Waals surface area contributed by atoms with Gasteiger partial charge in [0.25, 0.3) is 0 Å². The number of hydrogen-bond acceptors (Lipinski definition) is 6. The van der Waals surface area contributed by atoms with Crippen molar-refractivity contribution in [1.29, 1.82) is 15.9 Å². The first kappa shape index (κ1) is 11.3. The molecule has 6 heteroatoms. The van der Waals surface area contributed by atoms with Gasteiger partial charge in [-0.2, -0.15) is 10.5 Å². The van der Waals surface area contributed by atoms with E-state index in [1.807, 2.05) is 12.1 Å². The first-order valence-electron chi connectivity index (χ1n) is 4.76. The molecule has 0 aliphatic carbocycles. The summed E-state index contributed by atoms with van der Waals surface area (Å²) in [5, 5.41) is 26.5. The third-order valence-electron chi connectivity index (χ3n) is 2.57. The summed E-state index contributed by atoms with van der Waals surface area (Å²) in [6, 6.07) is 5.75. The fraction of sp³-hybridized carbons (Fsp3) is 0.182. The first-order valence-corrected chi connectivity index (χ1v) is 5.58. The highest BCUT2D eigenvalue weighted by atomic mass is 32.2. The topological polar surface area (TPSA) is 111 Å². The molecule has 0 aromatic carbocycles. The molecule has 2 rings (SSSR count). The van der Waals surface area contributed by atoms with E-state index in [2.05, 4.69) is 0 Å². The molecule has 1 aliphatic rings. The minimum absolute atomic E-state index is 0.162. The lowest BCUT2D eigenvalue weighted by Gasteiger charge is -2.26. The van der Waals surface area contributed by atoms with E-state index in [4.69, 9.17) is 26.1 Å². The molecule has 3 N–H and O–H groups in total. The molecule has 2 atom stereocenters. The number of nitrogens with two attached hydrogens (primary N) is 1. The van der Waals surface area contributed by atoms with Gasteiger partial charge in [-0.05, 0) is 6.07 Å². The van der Waals surface area contributed by atoms with Crippen molar-refractivity contribution in [2.24, 2.45) is 11.7 Å². The Bertz CT molecular complexity index is 561. The Morgan fingerprint density at radius 3 is 2.76 bits per heavy atom. The summed E-state index contributed by atoms with van der Waals surface area (Å²) < 4.78 is 4.96. The smallest absolute Gasteiger partial charge is 0.106 e. The fourth-order valence-corrected chi connectivity index (χ4v) is 2.61. The van der Waals surface area contributed by atoms with E-state index in [1.165, 1.54) is 12.5 Å². The van der Waals surface area contributed by atoms with Gasteiger partial charge in [-0.3, -0.25) is 5.41 Å². The van der Waals surface area contributed by atoms with Crippen molar-refractivity contribution in [3.05, 3.63) is 34.8 Å². The molecule has 0 spiro atoms. The number of rotatable bonds is 1. The number of allylic oxidation sites excluding steroid dienone is 1. The largest absolute Gasteiger partial charge is 0.472 e. The van der Waals surface area contributed by atoms with Gasteiger partial charge >= 0.3 is 0 Å². The van der Waals surface area contributed by atoms with E-state index in [0.717, 1.165) is 11.8 Å². The maximum absolute atomic E-state index is 9.12. The number of hydrogen-bond donors (Lipinski definition) is 2. The van der Waals surface area contributed by atoms with Crippen molar-refractivity contribution in [3.8, 4) is 12.1 Å². The number of furan rings is 1. The average molecular weight is 244 g/mol. The Morgan fingerprint density at radius 1 is 1.47 bits per heavy atom. The summed E-state index contributed by atoms with van der Waals surface area (Å²) in [6.07, 6.45) is 2.95. The predicted octanol–water partition coefficient (Wildman–Crippen LogP) is 1.92. The second-order valence-corrected chi connectivity index (χ2v) is 4.58. The van der Waals surface area contributed by atoms with Gasteiger partial charge in [0.1, 0.15) is 5.92 Å².